The SMILES string of the molecule is CC(NC(=O)c1ccc(S(=O)(=O)NC2CC2)cc1)(c1ccccc1)c1ccccc1. The fraction of sp³-hybridized carbons (Fsp3) is 0.208. The first kappa shape index (κ1) is 20.3. The summed E-state index contributed by atoms with van der Waals surface area (Å²) in [6.45, 7) is 1.97. The largest absolute Gasteiger partial charge is 0.339 e. The molecule has 1 saturated carbocycles. The van der Waals surface area contributed by atoms with E-state index >= 15 is 0 Å². The molecule has 0 aromatic heterocycles. The molecule has 2 N–H and O–H groups in total. The van der Waals surface area contributed by atoms with Crippen molar-refractivity contribution in [1.29, 1.82) is 0 Å². The standard InChI is InChI=1S/C24H24N2O3S/c1-24(19-8-4-2-5-9-19,20-10-6-3-7-11-20)25-23(27)18-12-16-22(17-13-18)30(28,29)26-21-14-15-21/h2-13,16-17,21,26H,14-15H2,1H3,(H,25,27). The van der Waals surface area contributed by atoms with Gasteiger partial charge in [0, 0.05) is 11.6 Å². The van der Waals surface area contributed by atoms with Crippen molar-refractivity contribution in [2.45, 2.75) is 36.2 Å². The summed E-state index contributed by atoms with van der Waals surface area (Å²) < 4.78 is 27.3. The van der Waals surface area contributed by atoms with E-state index in [1.165, 1.54) is 12.1 Å². The Hall–Kier alpha value is -2.96. The minimum atomic E-state index is -3.54. The van der Waals surface area contributed by atoms with E-state index in [1.54, 1.807) is 12.1 Å². The van der Waals surface area contributed by atoms with Crippen LogP contribution in [0, 0.1) is 0 Å². The lowest BCUT2D eigenvalue weighted by Crippen LogP contribution is -2.44. The van der Waals surface area contributed by atoms with E-state index in [0.717, 1.165) is 24.0 Å². The Bertz CT molecular complexity index is 1080. The summed E-state index contributed by atoms with van der Waals surface area (Å²) in [7, 11) is -3.54. The van der Waals surface area contributed by atoms with Crippen LogP contribution in [0.4, 0.5) is 0 Å². The molecular weight excluding hydrogens is 396 g/mol. The van der Waals surface area contributed by atoms with Crippen LogP contribution in [-0.4, -0.2) is 20.4 Å². The Balaban J connectivity index is 1.60. The summed E-state index contributed by atoms with van der Waals surface area (Å²) in [4.78, 5) is 13.2. The molecule has 1 fully saturated rings. The molecule has 1 amide bonds. The van der Waals surface area contributed by atoms with Crippen LogP contribution >= 0.6 is 0 Å². The molecule has 1 aliphatic carbocycles. The van der Waals surface area contributed by atoms with Crippen molar-refractivity contribution < 1.29 is 13.2 Å². The second-order valence-electron chi connectivity index (χ2n) is 7.73. The lowest BCUT2D eigenvalue weighted by molar-refractivity contribution is 0.0919. The van der Waals surface area contributed by atoms with Gasteiger partial charge in [0.15, 0.2) is 0 Å². The first-order chi connectivity index (χ1) is 14.4. The molecule has 0 bridgehead atoms. The van der Waals surface area contributed by atoms with Crippen molar-refractivity contribution in [3.63, 3.8) is 0 Å². The molecule has 30 heavy (non-hydrogen) atoms. The van der Waals surface area contributed by atoms with Gasteiger partial charge in [0.1, 0.15) is 0 Å². The van der Waals surface area contributed by atoms with Gasteiger partial charge in [0.2, 0.25) is 10.0 Å². The molecule has 0 spiro atoms. The third-order valence-corrected chi connectivity index (χ3v) is 6.93. The summed E-state index contributed by atoms with van der Waals surface area (Å²) in [6.07, 6.45) is 1.74. The minimum absolute atomic E-state index is 0.0374. The monoisotopic (exact) mass is 420 g/mol. The Kier molecular flexibility index (Phi) is 5.45. The Morgan fingerprint density at radius 3 is 1.80 bits per heavy atom. The number of hydrogen-bond acceptors (Lipinski definition) is 3. The second-order valence-corrected chi connectivity index (χ2v) is 9.45. The van der Waals surface area contributed by atoms with Gasteiger partial charge in [-0.25, -0.2) is 13.1 Å². The second kappa shape index (κ2) is 8.05. The lowest BCUT2D eigenvalue weighted by Gasteiger charge is -2.32. The lowest BCUT2D eigenvalue weighted by atomic mass is 9.84. The van der Waals surface area contributed by atoms with Gasteiger partial charge in [0.05, 0.1) is 10.4 Å². The maximum atomic E-state index is 13.1. The number of nitrogens with one attached hydrogen (secondary N) is 2. The van der Waals surface area contributed by atoms with Gasteiger partial charge < -0.3 is 5.32 Å². The molecule has 0 atom stereocenters. The van der Waals surface area contributed by atoms with Crippen LogP contribution in [0.1, 0.15) is 41.3 Å². The highest BCUT2D eigenvalue weighted by atomic mass is 32.2. The highest BCUT2D eigenvalue weighted by Gasteiger charge is 2.31. The number of carbonyl (C=O) groups is 1. The minimum Gasteiger partial charge on any atom is -0.339 e. The van der Waals surface area contributed by atoms with Crippen molar-refractivity contribution in [1.82, 2.24) is 10.0 Å². The third kappa shape index (κ3) is 4.30. The van der Waals surface area contributed by atoms with E-state index in [0.29, 0.717) is 5.56 Å². The number of benzene rings is 3. The van der Waals surface area contributed by atoms with Crippen molar-refractivity contribution >= 4 is 15.9 Å². The quantitative estimate of drug-likeness (QED) is 0.610. The predicted octanol–water partition coefficient (Wildman–Crippen LogP) is 3.82. The normalized spacial score (nSPS) is 14.3. The molecule has 0 unspecified atom stereocenters. The summed E-state index contributed by atoms with van der Waals surface area (Å²) in [6, 6.07) is 25.6. The number of amides is 1. The van der Waals surface area contributed by atoms with E-state index in [2.05, 4.69) is 10.0 Å². The van der Waals surface area contributed by atoms with Crippen molar-refractivity contribution in [2.24, 2.45) is 0 Å². The van der Waals surface area contributed by atoms with E-state index in [1.807, 2.05) is 67.6 Å². The Labute approximate surface area is 177 Å². The molecule has 154 valence electrons. The number of hydrogen-bond donors (Lipinski definition) is 2. The molecule has 4 rings (SSSR count). The first-order valence-electron chi connectivity index (χ1n) is 9.94. The van der Waals surface area contributed by atoms with Gasteiger partial charge in [-0.05, 0) is 55.2 Å². The number of carbonyl (C=O) groups excluding carboxylic acids is 1. The highest BCUT2D eigenvalue weighted by Crippen LogP contribution is 2.29. The van der Waals surface area contributed by atoms with Crippen LogP contribution in [0.5, 0.6) is 0 Å². The van der Waals surface area contributed by atoms with Crippen LogP contribution in [0.3, 0.4) is 0 Å². The average molecular weight is 421 g/mol. The topological polar surface area (TPSA) is 75.3 Å². The van der Waals surface area contributed by atoms with Crippen molar-refractivity contribution in [3.8, 4) is 0 Å². The van der Waals surface area contributed by atoms with Gasteiger partial charge >= 0.3 is 0 Å². The zero-order valence-corrected chi connectivity index (χ0v) is 17.5. The predicted molar refractivity (Wildman–Crippen MR) is 117 cm³/mol. The molecule has 0 heterocycles. The van der Waals surface area contributed by atoms with E-state index < -0.39 is 15.6 Å². The fourth-order valence-electron chi connectivity index (χ4n) is 3.43. The van der Waals surface area contributed by atoms with Gasteiger partial charge in [-0.2, -0.15) is 0 Å². The van der Waals surface area contributed by atoms with Crippen molar-refractivity contribution in [3.05, 3.63) is 102 Å². The first-order valence-corrected chi connectivity index (χ1v) is 11.4. The molecule has 1 aliphatic rings. The third-order valence-electron chi connectivity index (χ3n) is 5.39. The zero-order chi connectivity index (χ0) is 21.2. The average Bonchev–Trinajstić information content (AvgIpc) is 3.58. The van der Waals surface area contributed by atoms with Crippen molar-refractivity contribution in [2.75, 3.05) is 0 Å². The maximum Gasteiger partial charge on any atom is 0.252 e. The smallest absolute Gasteiger partial charge is 0.252 e. The molecule has 3 aromatic carbocycles. The molecule has 6 heteroatoms. The zero-order valence-electron chi connectivity index (χ0n) is 16.7. The molecule has 0 saturated heterocycles. The van der Waals surface area contributed by atoms with Crippen LogP contribution in [0.25, 0.3) is 0 Å². The molecule has 0 radical (unpaired) electrons. The van der Waals surface area contributed by atoms with Gasteiger partial charge in [-0.1, -0.05) is 60.7 Å². The number of sulfonamides is 1. The molecule has 5 nitrogen and oxygen atoms in total. The summed E-state index contributed by atoms with van der Waals surface area (Å²) in [5, 5.41) is 3.14. The van der Waals surface area contributed by atoms with Crippen LogP contribution in [0.2, 0.25) is 0 Å². The number of rotatable bonds is 7. The maximum absolute atomic E-state index is 13.1. The highest BCUT2D eigenvalue weighted by molar-refractivity contribution is 7.89. The summed E-state index contributed by atoms with van der Waals surface area (Å²) in [5.41, 5.74) is 1.57. The van der Waals surface area contributed by atoms with Crippen LogP contribution < -0.4 is 10.0 Å². The van der Waals surface area contributed by atoms with Gasteiger partial charge in [-0.15, -0.1) is 0 Å². The molecule has 0 aliphatic heterocycles. The van der Waals surface area contributed by atoms with Crippen LogP contribution in [-0.2, 0) is 15.6 Å². The van der Waals surface area contributed by atoms with E-state index in [-0.39, 0.29) is 16.8 Å². The summed E-state index contributed by atoms with van der Waals surface area (Å²) >= 11 is 0. The molecule has 3 aromatic rings. The van der Waals surface area contributed by atoms with E-state index in [9.17, 15) is 13.2 Å². The Morgan fingerprint density at radius 2 is 1.33 bits per heavy atom. The fourth-order valence-corrected chi connectivity index (χ4v) is 4.73. The Morgan fingerprint density at radius 1 is 0.833 bits per heavy atom. The molecular formula is C24H24N2O3S. The van der Waals surface area contributed by atoms with Crippen LogP contribution in [0.15, 0.2) is 89.8 Å². The summed E-state index contributed by atoms with van der Waals surface area (Å²) in [5.74, 6) is -0.274. The van der Waals surface area contributed by atoms with E-state index in [4.69, 9.17) is 0 Å². The van der Waals surface area contributed by atoms with Gasteiger partial charge in [0.25, 0.3) is 5.91 Å². The van der Waals surface area contributed by atoms with Gasteiger partial charge in [-0.3, -0.25) is 4.79 Å².